The first-order valence-electron chi connectivity index (χ1n) is 12.6. The fourth-order valence-electron chi connectivity index (χ4n) is 5.27. The average molecular weight is 542 g/mol. The Morgan fingerprint density at radius 1 is 1.03 bits per heavy atom. The van der Waals surface area contributed by atoms with Crippen LogP contribution in [0.3, 0.4) is 0 Å². The summed E-state index contributed by atoms with van der Waals surface area (Å²) in [7, 11) is 3.05. The summed E-state index contributed by atoms with van der Waals surface area (Å²) in [6.45, 7) is 4.18. The Balaban J connectivity index is 1.64. The molecule has 1 amide bonds. The second kappa shape index (κ2) is 11.3. The second-order valence-corrected chi connectivity index (χ2v) is 9.75. The van der Waals surface area contributed by atoms with Crippen LogP contribution < -0.4 is 20.3 Å². The highest BCUT2D eigenvalue weighted by Crippen LogP contribution is 2.45. The van der Waals surface area contributed by atoms with Crippen LogP contribution in [0.4, 0.5) is 11.4 Å². The molecule has 4 aromatic rings. The Bertz CT molecular complexity index is 1490. The maximum Gasteiger partial charge on any atom is 0.250 e. The van der Waals surface area contributed by atoms with Gasteiger partial charge in [-0.15, -0.1) is 0 Å². The minimum Gasteiger partial charge on any atom is -0.495 e. The largest absolute Gasteiger partial charge is 0.495 e. The lowest BCUT2D eigenvalue weighted by Gasteiger charge is -2.29. The number of thiocarbonyl (C=S) groups is 1. The Morgan fingerprint density at radius 2 is 1.79 bits per heavy atom. The van der Waals surface area contributed by atoms with Gasteiger partial charge in [0, 0.05) is 36.1 Å². The maximum atomic E-state index is 12.4. The molecule has 3 heterocycles. The van der Waals surface area contributed by atoms with E-state index in [9.17, 15) is 4.79 Å². The van der Waals surface area contributed by atoms with Crippen LogP contribution >= 0.6 is 12.2 Å². The van der Waals surface area contributed by atoms with E-state index in [2.05, 4.69) is 57.1 Å². The van der Waals surface area contributed by atoms with Crippen molar-refractivity contribution in [1.29, 1.82) is 0 Å². The predicted octanol–water partition coefficient (Wildman–Crippen LogP) is 5.26. The van der Waals surface area contributed by atoms with Gasteiger partial charge in [0.2, 0.25) is 5.91 Å². The third kappa shape index (κ3) is 5.10. The van der Waals surface area contributed by atoms with E-state index in [0.29, 0.717) is 16.5 Å². The van der Waals surface area contributed by atoms with Crippen molar-refractivity contribution in [3.63, 3.8) is 0 Å². The number of para-hydroxylation sites is 1. The normalized spacial score (nSPS) is 16.7. The molecule has 2 atom stereocenters. The first-order valence-corrected chi connectivity index (χ1v) is 13.1. The first kappa shape index (κ1) is 26.4. The first-order chi connectivity index (χ1) is 18.9. The topological polar surface area (TPSA) is 80.7 Å². The molecule has 200 valence electrons. The number of pyridine rings is 1. The van der Waals surface area contributed by atoms with E-state index in [1.54, 1.807) is 13.3 Å². The number of carbonyl (C=O) groups excluding carboxylic acids is 1. The van der Waals surface area contributed by atoms with Gasteiger partial charge in [-0.05, 0) is 80.2 Å². The number of aromatic nitrogens is 2. The molecular weight excluding hydrogens is 510 g/mol. The van der Waals surface area contributed by atoms with Gasteiger partial charge >= 0.3 is 0 Å². The minimum absolute atomic E-state index is 0.0626. The maximum absolute atomic E-state index is 12.4. The van der Waals surface area contributed by atoms with Gasteiger partial charge in [-0.1, -0.05) is 24.3 Å². The Morgan fingerprint density at radius 3 is 2.49 bits per heavy atom. The van der Waals surface area contributed by atoms with E-state index in [4.69, 9.17) is 21.7 Å². The second-order valence-electron chi connectivity index (χ2n) is 9.36. The number of nitrogens with one attached hydrogen (secondary N) is 2. The van der Waals surface area contributed by atoms with Crippen LogP contribution in [0.5, 0.6) is 5.75 Å². The van der Waals surface area contributed by atoms with Gasteiger partial charge in [0.15, 0.2) is 5.11 Å². The van der Waals surface area contributed by atoms with Gasteiger partial charge in [0.25, 0.3) is 0 Å². The number of amides is 1. The average Bonchev–Trinajstić information content (AvgIpc) is 3.44. The van der Waals surface area contributed by atoms with Gasteiger partial charge in [-0.25, -0.2) is 0 Å². The fourth-order valence-corrected chi connectivity index (χ4v) is 5.62. The van der Waals surface area contributed by atoms with Gasteiger partial charge < -0.3 is 29.6 Å². The molecule has 0 radical (unpaired) electrons. The number of nitrogens with zero attached hydrogens (tertiary/aromatic N) is 3. The number of methoxy groups -OCH3 is 2. The molecule has 39 heavy (non-hydrogen) atoms. The number of hydrogen-bond donors (Lipinski definition) is 2. The summed E-state index contributed by atoms with van der Waals surface area (Å²) >= 11 is 5.93. The monoisotopic (exact) mass is 541 g/mol. The van der Waals surface area contributed by atoms with E-state index >= 15 is 0 Å². The van der Waals surface area contributed by atoms with Crippen LogP contribution in [0.25, 0.3) is 5.69 Å². The number of anilines is 2. The molecule has 5 rings (SSSR count). The summed E-state index contributed by atoms with van der Waals surface area (Å²) in [6.07, 6.45) is 1.80. The van der Waals surface area contributed by atoms with Crippen LogP contribution in [0.15, 0.2) is 79.0 Å². The number of ether oxygens (including phenoxy) is 2. The van der Waals surface area contributed by atoms with E-state index in [-0.39, 0.29) is 24.6 Å². The van der Waals surface area contributed by atoms with Crippen LogP contribution in [-0.4, -0.2) is 41.4 Å². The smallest absolute Gasteiger partial charge is 0.250 e. The van der Waals surface area contributed by atoms with Gasteiger partial charge in [0.1, 0.15) is 12.4 Å². The molecule has 0 bridgehead atoms. The molecule has 1 aliphatic heterocycles. The van der Waals surface area contributed by atoms with Crippen molar-refractivity contribution < 1.29 is 14.3 Å². The molecule has 0 spiro atoms. The lowest BCUT2D eigenvalue weighted by molar-refractivity contribution is -0.119. The Hall–Kier alpha value is -4.21. The number of hydrogen-bond acceptors (Lipinski definition) is 5. The number of carbonyl (C=O) groups is 1. The summed E-state index contributed by atoms with van der Waals surface area (Å²) in [4.78, 5) is 19.1. The van der Waals surface area contributed by atoms with Crippen molar-refractivity contribution >= 4 is 34.6 Å². The zero-order chi connectivity index (χ0) is 27.5. The molecule has 2 N–H and O–H groups in total. The zero-order valence-electron chi connectivity index (χ0n) is 22.3. The van der Waals surface area contributed by atoms with Crippen molar-refractivity contribution in [1.82, 2.24) is 14.9 Å². The van der Waals surface area contributed by atoms with E-state index in [0.717, 1.165) is 34.0 Å². The van der Waals surface area contributed by atoms with Crippen molar-refractivity contribution in [2.45, 2.75) is 25.9 Å². The summed E-state index contributed by atoms with van der Waals surface area (Å²) in [5.74, 6) is 0.269. The lowest BCUT2D eigenvalue weighted by atomic mass is 9.96. The standard InChI is InChI=1S/C30H31N5O3S/c1-19-16-23(20(2)34(19)21-10-6-5-7-11-21)29-28(24-12-8-9-15-31-24)33-30(39)35(29)22-13-14-26(38-4)25(17-22)32-27(36)18-37-3/h5-17,28-29H,18H2,1-4H3,(H,32,36)(H,33,39)/t28-,29-/m0/s1. The van der Waals surface area contributed by atoms with Gasteiger partial charge in [0.05, 0.1) is 30.6 Å². The van der Waals surface area contributed by atoms with Crippen molar-refractivity contribution in [2.24, 2.45) is 0 Å². The van der Waals surface area contributed by atoms with Gasteiger partial charge in [-0.3, -0.25) is 9.78 Å². The molecule has 2 aromatic heterocycles. The quantitative estimate of drug-likeness (QED) is 0.295. The highest BCUT2D eigenvalue weighted by molar-refractivity contribution is 7.80. The van der Waals surface area contributed by atoms with Crippen LogP contribution in [0.1, 0.15) is 34.7 Å². The van der Waals surface area contributed by atoms with Crippen molar-refractivity contribution in [2.75, 3.05) is 31.0 Å². The molecule has 1 fully saturated rings. The highest BCUT2D eigenvalue weighted by Gasteiger charge is 2.42. The van der Waals surface area contributed by atoms with Crippen LogP contribution in [0.2, 0.25) is 0 Å². The molecule has 0 unspecified atom stereocenters. The molecule has 1 aliphatic rings. The summed E-state index contributed by atoms with van der Waals surface area (Å²) in [5, 5.41) is 6.98. The van der Waals surface area contributed by atoms with E-state index in [1.807, 2.05) is 54.6 Å². The van der Waals surface area contributed by atoms with Gasteiger partial charge in [-0.2, -0.15) is 0 Å². The number of aryl methyl sites for hydroxylation is 1. The number of benzene rings is 2. The zero-order valence-corrected chi connectivity index (χ0v) is 23.2. The summed E-state index contributed by atoms with van der Waals surface area (Å²) < 4.78 is 12.8. The molecule has 0 aliphatic carbocycles. The molecule has 2 aromatic carbocycles. The Labute approximate surface area is 233 Å². The van der Waals surface area contributed by atoms with Crippen molar-refractivity contribution in [3.8, 4) is 11.4 Å². The summed E-state index contributed by atoms with van der Waals surface area (Å²) in [5.41, 5.74) is 6.69. The summed E-state index contributed by atoms with van der Waals surface area (Å²) in [6, 6.07) is 23.7. The predicted molar refractivity (Wildman–Crippen MR) is 157 cm³/mol. The highest BCUT2D eigenvalue weighted by atomic mass is 32.1. The molecule has 1 saturated heterocycles. The molecule has 9 heteroatoms. The molecular formula is C30H31N5O3S. The van der Waals surface area contributed by atoms with Crippen LogP contribution in [-0.2, 0) is 9.53 Å². The minimum atomic E-state index is -0.274. The third-order valence-corrected chi connectivity index (χ3v) is 7.23. The van der Waals surface area contributed by atoms with Crippen LogP contribution in [0, 0.1) is 13.8 Å². The lowest BCUT2D eigenvalue weighted by Crippen LogP contribution is -2.29. The third-order valence-electron chi connectivity index (χ3n) is 6.91. The molecule has 0 saturated carbocycles. The molecule has 8 nitrogen and oxygen atoms in total. The number of rotatable bonds is 8. The Kier molecular flexibility index (Phi) is 7.63. The van der Waals surface area contributed by atoms with E-state index < -0.39 is 0 Å². The van der Waals surface area contributed by atoms with E-state index in [1.165, 1.54) is 7.11 Å². The SMILES string of the molecule is COCC(=O)Nc1cc(N2C(=S)N[C@@H](c3ccccn3)[C@@H]2c2cc(C)n(-c3ccccc3)c2C)ccc1OC. The van der Waals surface area contributed by atoms with Crippen molar-refractivity contribution in [3.05, 3.63) is 102 Å². The fraction of sp³-hybridized carbons (Fsp3) is 0.233.